The Morgan fingerprint density at radius 3 is 2.42 bits per heavy atom. The van der Waals surface area contributed by atoms with E-state index in [-0.39, 0.29) is 10.9 Å². The number of nitrogens with zero attached hydrogens (tertiary/aromatic N) is 1. The van der Waals surface area contributed by atoms with Crippen molar-refractivity contribution in [2.75, 3.05) is 19.6 Å². The summed E-state index contributed by atoms with van der Waals surface area (Å²) in [7, 11) is -3.44. The van der Waals surface area contributed by atoms with Gasteiger partial charge in [-0.05, 0) is 57.1 Å². The van der Waals surface area contributed by atoms with E-state index in [1.807, 2.05) is 0 Å². The molecule has 1 aliphatic heterocycles. The first-order chi connectivity index (χ1) is 8.99. The Hall–Kier alpha value is -0.620. The van der Waals surface area contributed by atoms with Crippen molar-refractivity contribution < 1.29 is 8.42 Å². The maximum absolute atomic E-state index is 12.1. The predicted octanol–water partition coefficient (Wildman–Crippen LogP) is 2.10. The number of rotatable bonds is 5. The molecule has 2 rings (SSSR count). The van der Waals surface area contributed by atoms with Crippen LogP contribution in [0.25, 0.3) is 0 Å². The Labute approximate surface area is 119 Å². The van der Waals surface area contributed by atoms with Crippen molar-refractivity contribution in [2.24, 2.45) is 0 Å². The van der Waals surface area contributed by atoms with Gasteiger partial charge >= 0.3 is 0 Å². The summed E-state index contributed by atoms with van der Waals surface area (Å²) in [5, 5.41) is 0.532. The molecule has 0 aromatic heterocycles. The van der Waals surface area contributed by atoms with Gasteiger partial charge in [-0.25, -0.2) is 13.1 Å². The topological polar surface area (TPSA) is 49.4 Å². The summed E-state index contributed by atoms with van der Waals surface area (Å²) in [6, 6.07) is 6.43. The van der Waals surface area contributed by atoms with E-state index >= 15 is 0 Å². The van der Waals surface area contributed by atoms with Crippen LogP contribution >= 0.6 is 11.6 Å². The summed E-state index contributed by atoms with van der Waals surface area (Å²) in [4.78, 5) is 2.57. The maximum Gasteiger partial charge on any atom is 0.240 e. The minimum atomic E-state index is -3.44. The molecule has 0 amide bonds. The van der Waals surface area contributed by atoms with Crippen molar-refractivity contribution in [2.45, 2.75) is 30.7 Å². The highest BCUT2D eigenvalue weighted by atomic mass is 35.5. The highest BCUT2D eigenvalue weighted by Crippen LogP contribution is 2.15. The van der Waals surface area contributed by atoms with E-state index in [1.54, 1.807) is 12.1 Å². The average molecular weight is 303 g/mol. The zero-order chi connectivity index (χ0) is 13.9. The molecule has 1 unspecified atom stereocenters. The molecule has 19 heavy (non-hydrogen) atoms. The molecule has 0 spiro atoms. The molecule has 0 aliphatic carbocycles. The van der Waals surface area contributed by atoms with Gasteiger partial charge in [-0.2, -0.15) is 0 Å². The van der Waals surface area contributed by atoms with Crippen LogP contribution in [0.2, 0.25) is 5.02 Å². The van der Waals surface area contributed by atoms with Gasteiger partial charge in [0.2, 0.25) is 10.0 Å². The Morgan fingerprint density at radius 1 is 1.26 bits per heavy atom. The molecule has 1 N–H and O–H groups in total. The van der Waals surface area contributed by atoms with E-state index in [1.165, 1.54) is 25.0 Å². The molecule has 1 aromatic carbocycles. The summed E-state index contributed by atoms with van der Waals surface area (Å²) in [6.07, 6.45) is 2.41. The van der Waals surface area contributed by atoms with E-state index in [2.05, 4.69) is 16.5 Å². The van der Waals surface area contributed by atoms with Crippen LogP contribution in [0, 0.1) is 0 Å². The van der Waals surface area contributed by atoms with Gasteiger partial charge in [0.15, 0.2) is 0 Å². The second kappa shape index (κ2) is 6.22. The van der Waals surface area contributed by atoms with Gasteiger partial charge < -0.3 is 0 Å². The molecule has 4 nitrogen and oxygen atoms in total. The third-order valence-electron chi connectivity index (χ3n) is 3.46. The lowest BCUT2D eigenvalue weighted by Crippen LogP contribution is -2.40. The highest BCUT2D eigenvalue weighted by molar-refractivity contribution is 7.89. The van der Waals surface area contributed by atoms with Gasteiger partial charge in [0.1, 0.15) is 0 Å². The van der Waals surface area contributed by atoms with E-state index in [0.29, 0.717) is 11.6 Å². The van der Waals surface area contributed by atoms with E-state index in [0.717, 1.165) is 13.1 Å². The number of benzene rings is 1. The fourth-order valence-electron chi connectivity index (χ4n) is 2.24. The summed E-state index contributed by atoms with van der Waals surface area (Å²) >= 11 is 5.75. The molecule has 0 radical (unpaired) electrons. The first-order valence-corrected chi connectivity index (χ1v) is 8.34. The van der Waals surface area contributed by atoms with Crippen LogP contribution in [0.4, 0.5) is 0 Å². The van der Waals surface area contributed by atoms with Gasteiger partial charge in [0.25, 0.3) is 0 Å². The quantitative estimate of drug-likeness (QED) is 0.906. The second-order valence-electron chi connectivity index (χ2n) is 4.90. The van der Waals surface area contributed by atoms with E-state index in [9.17, 15) is 8.42 Å². The van der Waals surface area contributed by atoms with Gasteiger partial charge in [0.05, 0.1) is 4.90 Å². The summed E-state index contributed by atoms with van der Waals surface area (Å²) in [6.45, 7) is 4.61. The molecular formula is C13H19ClN2O2S. The largest absolute Gasteiger partial charge is 0.299 e. The molecule has 1 heterocycles. The second-order valence-corrected chi connectivity index (χ2v) is 7.10. The van der Waals surface area contributed by atoms with Crippen molar-refractivity contribution in [3.05, 3.63) is 29.3 Å². The molecule has 106 valence electrons. The monoisotopic (exact) mass is 302 g/mol. The third-order valence-corrected chi connectivity index (χ3v) is 5.15. The van der Waals surface area contributed by atoms with Crippen LogP contribution in [0.3, 0.4) is 0 Å². The Bertz CT molecular complexity index is 510. The first kappa shape index (κ1) is 14.8. The first-order valence-electron chi connectivity index (χ1n) is 6.48. The lowest BCUT2D eigenvalue weighted by atomic mass is 10.3. The number of hydrogen-bond donors (Lipinski definition) is 1. The smallest absolute Gasteiger partial charge is 0.240 e. The molecule has 1 aromatic rings. The number of halogens is 1. The number of hydrogen-bond acceptors (Lipinski definition) is 3. The van der Waals surface area contributed by atoms with Gasteiger partial charge in [-0.3, -0.25) is 4.90 Å². The van der Waals surface area contributed by atoms with Crippen LogP contribution in [0.15, 0.2) is 29.2 Å². The lowest BCUT2D eigenvalue weighted by Gasteiger charge is -2.23. The fourth-order valence-corrected chi connectivity index (χ4v) is 3.49. The van der Waals surface area contributed by atoms with Crippen LogP contribution in [0.1, 0.15) is 19.8 Å². The van der Waals surface area contributed by atoms with E-state index in [4.69, 9.17) is 11.6 Å². The summed E-state index contributed by atoms with van der Waals surface area (Å²) < 4.78 is 26.8. The van der Waals surface area contributed by atoms with Crippen LogP contribution in [-0.4, -0.2) is 39.0 Å². The van der Waals surface area contributed by atoms with Crippen LogP contribution in [0.5, 0.6) is 0 Å². The molecular weight excluding hydrogens is 284 g/mol. The summed E-state index contributed by atoms with van der Waals surface area (Å²) in [5.41, 5.74) is 0. The lowest BCUT2D eigenvalue weighted by molar-refractivity contribution is 0.260. The minimum absolute atomic E-state index is 0.226. The van der Waals surface area contributed by atoms with Crippen molar-refractivity contribution in [3.8, 4) is 0 Å². The fraction of sp³-hybridized carbons (Fsp3) is 0.538. The Balaban J connectivity index is 1.95. The summed E-state index contributed by atoms with van der Waals surface area (Å²) in [5.74, 6) is 0. The molecule has 0 bridgehead atoms. The van der Waals surface area contributed by atoms with Crippen molar-refractivity contribution in [1.82, 2.24) is 9.62 Å². The Morgan fingerprint density at radius 2 is 1.84 bits per heavy atom. The molecule has 1 saturated heterocycles. The number of likely N-dealkylation sites (tertiary alicyclic amines) is 1. The minimum Gasteiger partial charge on any atom is -0.299 e. The highest BCUT2D eigenvalue weighted by Gasteiger charge is 2.20. The third kappa shape index (κ3) is 3.92. The molecule has 1 atom stereocenters. The molecule has 1 aliphatic rings. The van der Waals surface area contributed by atoms with Crippen molar-refractivity contribution in [1.29, 1.82) is 0 Å². The average Bonchev–Trinajstić information content (AvgIpc) is 2.90. The van der Waals surface area contributed by atoms with Crippen LogP contribution < -0.4 is 4.72 Å². The predicted molar refractivity (Wildman–Crippen MR) is 76.9 cm³/mol. The zero-order valence-electron chi connectivity index (χ0n) is 11.0. The van der Waals surface area contributed by atoms with E-state index < -0.39 is 10.0 Å². The Kier molecular flexibility index (Phi) is 4.84. The normalized spacial score (nSPS) is 18.6. The van der Waals surface area contributed by atoms with Crippen molar-refractivity contribution >= 4 is 21.6 Å². The van der Waals surface area contributed by atoms with Gasteiger partial charge in [-0.15, -0.1) is 0 Å². The molecule has 6 heteroatoms. The zero-order valence-corrected chi connectivity index (χ0v) is 12.5. The maximum atomic E-state index is 12.1. The number of sulfonamides is 1. The standard InChI is InChI=1S/C13H19ClN2O2S/c1-11(16-8-2-3-9-16)10-15-19(17,18)13-6-4-12(14)5-7-13/h4-7,11,15H,2-3,8-10H2,1H3. The van der Waals surface area contributed by atoms with Gasteiger partial charge in [-0.1, -0.05) is 11.6 Å². The SMILES string of the molecule is CC(CNS(=O)(=O)c1ccc(Cl)cc1)N1CCCC1. The number of nitrogens with one attached hydrogen (secondary N) is 1. The van der Waals surface area contributed by atoms with Crippen molar-refractivity contribution in [3.63, 3.8) is 0 Å². The molecule has 0 saturated carbocycles. The molecule has 1 fully saturated rings. The van der Waals surface area contributed by atoms with Crippen LogP contribution in [-0.2, 0) is 10.0 Å². The van der Waals surface area contributed by atoms with Gasteiger partial charge in [0, 0.05) is 17.6 Å².